The number of aliphatic hydroxyl groups excluding tert-OH is 1. The van der Waals surface area contributed by atoms with Crippen LogP contribution < -0.4 is 5.32 Å². The number of ether oxygens (including phenoxy) is 1. The third-order valence-electron chi connectivity index (χ3n) is 3.64. The molecule has 0 unspecified atom stereocenters. The number of imidazole rings is 1. The van der Waals surface area contributed by atoms with E-state index in [2.05, 4.69) is 26.2 Å². The van der Waals surface area contributed by atoms with Crippen molar-refractivity contribution in [3.63, 3.8) is 0 Å². The summed E-state index contributed by atoms with van der Waals surface area (Å²) in [5.74, 6) is -1.19. The van der Waals surface area contributed by atoms with Crippen molar-refractivity contribution < 1.29 is 19.4 Å². The highest BCUT2D eigenvalue weighted by Crippen LogP contribution is 2.13. The molecule has 0 aliphatic rings. The Balaban J connectivity index is 1.60. The predicted octanol–water partition coefficient (Wildman–Crippen LogP) is 1.93. The quantitative estimate of drug-likeness (QED) is 0.597. The van der Waals surface area contributed by atoms with E-state index in [1.807, 2.05) is 18.3 Å². The van der Waals surface area contributed by atoms with Crippen molar-refractivity contribution in [3.05, 3.63) is 70.6 Å². The Kier molecular flexibility index (Phi) is 5.65. The summed E-state index contributed by atoms with van der Waals surface area (Å²) in [7, 11) is 0. The minimum atomic E-state index is -1.14. The van der Waals surface area contributed by atoms with Crippen LogP contribution in [0.5, 0.6) is 0 Å². The zero-order valence-corrected chi connectivity index (χ0v) is 15.2. The molecule has 26 heavy (non-hydrogen) atoms. The van der Waals surface area contributed by atoms with Crippen molar-refractivity contribution in [1.29, 1.82) is 0 Å². The zero-order valence-electron chi connectivity index (χ0n) is 13.6. The van der Waals surface area contributed by atoms with Crippen molar-refractivity contribution in [1.82, 2.24) is 14.7 Å². The second-order valence-electron chi connectivity index (χ2n) is 5.53. The zero-order chi connectivity index (χ0) is 18.5. The van der Waals surface area contributed by atoms with Crippen molar-refractivity contribution in [2.75, 3.05) is 6.61 Å². The van der Waals surface area contributed by atoms with E-state index in [1.165, 1.54) is 0 Å². The van der Waals surface area contributed by atoms with E-state index in [0.717, 1.165) is 10.1 Å². The van der Waals surface area contributed by atoms with Crippen LogP contribution in [0.2, 0.25) is 0 Å². The maximum atomic E-state index is 12.1. The van der Waals surface area contributed by atoms with Gasteiger partial charge in [0.25, 0.3) is 5.91 Å². The van der Waals surface area contributed by atoms with Gasteiger partial charge in [0.15, 0.2) is 6.04 Å². The topological polar surface area (TPSA) is 92.9 Å². The van der Waals surface area contributed by atoms with E-state index in [-0.39, 0.29) is 6.61 Å². The largest absolute Gasteiger partial charge is 0.458 e. The standard InChI is InChI=1S/C18H16BrN3O4/c19-13-6-7-16-20-14(9-22(16)8-13)11-26-18(25)15(10-23)21-17(24)12-4-2-1-3-5-12/h1-9,15,23H,10-11H2,(H,21,24)/t15-/m0/s1. The highest BCUT2D eigenvalue weighted by molar-refractivity contribution is 9.10. The molecule has 0 fully saturated rings. The molecule has 1 amide bonds. The molecule has 2 aromatic heterocycles. The van der Waals surface area contributed by atoms with Gasteiger partial charge in [-0.25, -0.2) is 9.78 Å². The third kappa shape index (κ3) is 4.27. The molecule has 0 radical (unpaired) electrons. The predicted molar refractivity (Wildman–Crippen MR) is 97.5 cm³/mol. The number of fused-ring (bicyclic) bond motifs is 1. The maximum absolute atomic E-state index is 12.1. The molecular formula is C18H16BrN3O4. The Hall–Kier alpha value is -2.71. The average Bonchev–Trinajstić information content (AvgIpc) is 3.06. The van der Waals surface area contributed by atoms with Crippen LogP contribution in [0.4, 0.5) is 0 Å². The van der Waals surface area contributed by atoms with Crippen molar-refractivity contribution in [2.45, 2.75) is 12.6 Å². The minimum absolute atomic E-state index is 0.0597. The van der Waals surface area contributed by atoms with Crippen LogP contribution in [0.25, 0.3) is 5.65 Å². The van der Waals surface area contributed by atoms with Crippen LogP contribution in [0.3, 0.4) is 0 Å². The minimum Gasteiger partial charge on any atom is -0.458 e. The van der Waals surface area contributed by atoms with E-state index in [1.54, 1.807) is 40.9 Å². The van der Waals surface area contributed by atoms with Gasteiger partial charge < -0.3 is 19.6 Å². The molecule has 1 atom stereocenters. The van der Waals surface area contributed by atoms with Gasteiger partial charge in [0, 0.05) is 22.4 Å². The Labute approximate surface area is 157 Å². The summed E-state index contributed by atoms with van der Waals surface area (Å²) in [6, 6.07) is 11.0. The number of nitrogens with zero attached hydrogens (tertiary/aromatic N) is 2. The highest BCUT2D eigenvalue weighted by atomic mass is 79.9. The van der Waals surface area contributed by atoms with Crippen LogP contribution in [0.1, 0.15) is 16.1 Å². The van der Waals surface area contributed by atoms with Gasteiger partial charge in [-0.05, 0) is 40.2 Å². The van der Waals surface area contributed by atoms with Crippen LogP contribution in [0, 0.1) is 0 Å². The number of esters is 1. The lowest BCUT2D eigenvalue weighted by atomic mass is 10.2. The molecule has 3 aromatic rings. The Bertz CT molecular complexity index is 927. The molecule has 2 N–H and O–H groups in total. The maximum Gasteiger partial charge on any atom is 0.331 e. The number of rotatable bonds is 6. The number of hydrogen-bond donors (Lipinski definition) is 2. The summed E-state index contributed by atoms with van der Waals surface area (Å²) in [4.78, 5) is 28.6. The number of benzene rings is 1. The van der Waals surface area contributed by atoms with Crippen molar-refractivity contribution in [2.24, 2.45) is 0 Å². The summed E-state index contributed by atoms with van der Waals surface area (Å²) >= 11 is 3.37. The number of carbonyl (C=O) groups excluding carboxylic acids is 2. The average molecular weight is 418 g/mol. The summed E-state index contributed by atoms with van der Waals surface area (Å²) in [5.41, 5.74) is 1.67. The first kappa shape index (κ1) is 18.1. The van der Waals surface area contributed by atoms with E-state index >= 15 is 0 Å². The molecule has 7 nitrogen and oxygen atoms in total. The number of pyridine rings is 1. The van der Waals surface area contributed by atoms with Crippen LogP contribution >= 0.6 is 15.9 Å². The number of halogens is 1. The van der Waals surface area contributed by atoms with Gasteiger partial charge in [-0.3, -0.25) is 4.79 Å². The summed E-state index contributed by atoms with van der Waals surface area (Å²) in [6.45, 7) is -0.620. The molecular weight excluding hydrogens is 402 g/mol. The Morgan fingerprint density at radius 3 is 2.69 bits per heavy atom. The number of amides is 1. The lowest BCUT2D eigenvalue weighted by molar-refractivity contribution is -0.148. The molecule has 0 aliphatic carbocycles. The molecule has 8 heteroatoms. The van der Waals surface area contributed by atoms with E-state index in [9.17, 15) is 14.7 Å². The first-order chi connectivity index (χ1) is 12.6. The van der Waals surface area contributed by atoms with Crippen LogP contribution in [-0.4, -0.2) is 39.0 Å². The normalized spacial score (nSPS) is 11.9. The van der Waals surface area contributed by atoms with Gasteiger partial charge in [0.05, 0.1) is 12.3 Å². The van der Waals surface area contributed by atoms with Gasteiger partial charge in [0.2, 0.25) is 0 Å². The Morgan fingerprint density at radius 2 is 1.96 bits per heavy atom. The van der Waals surface area contributed by atoms with Gasteiger partial charge in [0.1, 0.15) is 12.3 Å². The number of aliphatic hydroxyl groups is 1. The van der Waals surface area contributed by atoms with E-state index < -0.39 is 24.5 Å². The summed E-state index contributed by atoms with van der Waals surface area (Å²) in [5, 5.41) is 11.9. The molecule has 2 heterocycles. The van der Waals surface area contributed by atoms with E-state index in [0.29, 0.717) is 11.3 Å². The smallest absolute Gasteiger partial charge is 0.331 e. The second-order valence-corrected chi connectivity index (χ2v) is 6.44. The fourth-order valence-electron chi connectivity index (χ4n) is 2.34. The molecule has 0 spiro atoms. The number of hydrogen-bond acceptors (Lipinski definition) is 5. The molecule has 0 saturated heterocycles. The molecule has 0 aliphatic heterocycles. The number of carbonyl (C=O) groups is 2. The molecule has 0 saturated carbocycles. The fraction of sp³-hybridized carbons (Fsp3) is 0.167. The second kappa shape index (κ2) is 8.11. The first-order valence-corrected chi connectivity index (χ1v) is 8.62. The lowest BCUT2D eigenvalue weighted by Gasteiger charge is -2.15. The molecule has 0 bridgehead atoms. The first-order valence-electron chi connectivity index (χ1n) is 7.83. The van der Waals surface area contributed by atoms with Crippen molar-refractivity contribution in [3.8, 4) is 0 Å². The monoisotopic (exact) mass is 417 g/mol. The van der Waals surface area contributed by atoms with Crippen LogP contribution in [-0.2, 0) is 16.1 Å². The van der Waals surface area contributed by atoms with E-state index in [4.69, 9.17) is 4.74 Å². The fourth-order valence-corrected chi connectivity index (χ4v) is 2.70. The number of nitrogens with one attached hydrogen (secondary N) is 1. The van der Waals surface area contributed by atoms with Gasteiger partial charge in [-0.15, -0.1) is 0 Å². The summed E-state index contributed by atoms with van der Waals surface area (Å²) < 4.78 is 7.87. The highest BCUT2D eigenvalue weighted by Gasteiger charge is 2.22. The number of aromatic nitrogens is 2. The van der Waals surface area contributed by atoms with Gasteiger partial charge in [-0.2, -0.15) is 0 Å². The molecule has 134 valence electrons. The third-order valence-corrected chi connectivity index (χ3v) is 4.10. The molecule has 3 rings (SSSR count). The SMILES string of the molecule is O=C(N[C@@H](CO)C(=O)OCc1cn2cc(Br)ccc2n1)c1ccccc1. The molecule has 1 aromatic carbocycles. The Morgan fingerprint density at radius 1 is 1.19 bits per heavy atom. The lowest BCUT2D eigenvalue weighted by Crippen LogP contribution is -2.44. The summed E-state index contributed by atoms with van der Waals surface area (Å²) in [6.07, 6.45) is 3.58. The van der Waals surface area contributed by atoms with Crippen molar-refractivity contribution >= 4 is 33.5 Å². The van der Waals surface area contributed by atoms with Gasteiger partial charge in [-0.1, -0.05) is 18.2 Å². The van der Waals surface area contributed by atoms with Gasteiger partial charge >= 0.3 is 5.97 Å². The van der Waals surface area contributed by atoms with Crippen LogP contribution in [0.15, 0.2) is 59.3 Å².